The van der Waals surface area contributed by atoms with Crippen LogP contribution < -0.4 is 0 Å². The molecule has 0 aliphatic carbocycles. The van der Waals surface area contributed by atoms with Crippen molar-refractivity contribution < 1.29 is 55.3 Å². The van der Waals surface area contributed by atoms with Crippen molar-refractivity contribution in [3.8, 4) is 0 Å². The van der Waals surface area contributed by atoms with Crippen molar-refractivity contribution in [1.29, 1.82) is 0 Å². The molecule has 0 spiro atoms. The molecule has 0 saturated heterocycles. The van der Waals surface area contributed by atoms with Crippen molar-refractivity contribution in [3.05, 3.63) is 36.4 Å². The number of rotatable bonds is 0. The van der Waals surface area contributed by atoms with Crippen molar-refractivity contribution in [2.75, 3.05) is 0 Å². The number of hydrogen-bond acceptors (Lipinski definition) is 0. The molecule has 34 valence electrons. The molecular formula is C6H6Hg2. The van der Waals surface area contributed by atoms with Crippen LogP contribution in [0.5, 0.6) is 0 Å². The Morgan fingerprint density at radius 2 is 0.500 bits per heavy atom. The second-order valence-electron chi connectivity index (χ2n) is 1.15. The Balaban J connectivity index is 0. The molecule has 0 nitrogen and oxygen atoms in total. The van der Waals surface area contributed by atoms with E-state index in [0.717, 1.165) is 0 Å². The fraction of sp³-hybridized carbons (Fsp3) is 0. The third-order valence-corrected chi connectivity index (χ3v) is 0.667. The van der Waals surface area contributed by atoms with Gasteiger partial charge in [-0.3, -0.25) is 0 Å². The van der Waals surface area contributed by atoms with Crippen LogP contribution >= 0.6 is 0 Å². The molecule has 8 heavy (non-hydrogen) atoms. The Kier molecular flexibility index (Phi) is 12.0. The summed E-state index contributed by atoms with van der Waals surface area (Å²) in [6.07, 6.45) is 0. The van der Waals surface area contributed by atoms with E-state index in [1.165, 1.54) is 0 Å². The van der Waals surface area contributed by atoms with Crippen molar-refractivity contribution in [2.45, 2.75) is 0 Å². The van der Waals surface area contributed by atoms with Gasteiger partial charge in [0, 0.05) is 55.3 Å². The number of hydrogen-bond donors (Lipinski definition) is 0. The van der Waals surface area contributed by atoms with Crippen LogP contribution in [0.1, 0.15) is 0 Å². The molecule has 0 aromatic heterocycles. The van der Waals surface area contributed by atoms with E-state index in [9.17, 15) is 0 Å². The molecule has 0 bridgehead atoms. The van der Waals surface area contributed by atoms with Crippen LogP contribution in [0.15, 0.2) is 36.4 Å². The molecular weight excluding hydrogens is 473 g/mol. The van der Waals surface area contributed by atoms with Crippen LogP contribution in [-0.4, -0.2) is 0 Å². The second kappa shape index (κ2) is 8.09. The van der Waals surface area contributed by atoms with Gasteiger partial charge in [-0.25, -0.2) is 0 Å². The zero-order chi connectivity index (χ0) is 4.24. The maximum absolute atomic E-state index is 2.00. The third-order valence-electron chi connectivity index (χ3n) is 0.667. The molecule has 0 aliphatic rings. The number of benzene rings is 1. The second-order valence-corrected chi connectivity index (χ2v) is 1.15. The minimum Gasteiger partial charge on any atom is -0.0623 e. The van der Waals surface area contributed by atoms with E-state index in [1.54, 1.807) is 0 Å². The van der Waals surface area contributed by atoms with Crippen molar-refractivity contribution in [2.24, 2.45) is 0 Å². The molecule has 2 heteroatoms. The van der Waals surface area contributed by atoms with Crippen molar-refractivity contribution >= 4 is 0 Å². The summed E-state index contributed by atoms with van der Waals surface area (Å²) in [7, 11) is 0. The van der Waals surface area contributed by atoms with Crippen LogP contribution in [0.4, 0.5) is 0 Å². The summed E-state index contributed by atoms with van der Waals surface area (Å²) in [4.78, 5) is 0. The molecule has 1 aromatic rings. The minimum absolute atomic E-state index is 0. The normalized spacial score (nSPS) is 6.00. The molecule has 1 rings (SSSR count). The summed E-state index contributed by atoms with van der Waals surface area (Å²) in [6.45, 7) is 0. The summed E-state index contributed by atoms with van der Waals surface area (Å²) in [5.74, 6) is 0. The summed E-state index contributed by atoms with van der Waals surface area (Å²) in [6, 6.07) is 12.0. The first-order valence-electron chi connectivity index (χ1n) is 2.00. The van der Waals surface area contributed by atoms with E-state index >= 15 is 0 Å². The largest absolute Gasteiger partial charge is 0.0623 e. The Morgan fingerprint density at radius 1 is 0.375 bits per heavy atom. The van der Waals surface area contributed by atoms with Crippen LogP contribution in [-0.2, 0) is 55.3 Å². The van der Waals surface area contributed by atoms with E-state index in [2.05, 4.69) is 0 Å². The quantitative estimate of drug-likeness (QED) is 0.497. The molecule has 0 saturated carbocycles. The predicted molar refractivity (Wildman–Crippen MR) is 26.4 cm³/mol. The minimum atomic E-state index is 0. The van der Waals surface area contributed by atoms with Crippen LogP contribution in [0.2, 0.25) is 0 Å². The van der Waals surface area contributed by atoms with E-state index < -0.39 is 0 Å². The van der Waals surface area contributed by atoms with Gasteiger partial charge in [0.15, 0.2) is 0 Å². The van der Waals surface area contributed by atoms with Gasteiger partial charge in [-0.1, -0.05) is 36.4 Å². The topological polar surface area (TPSA) is 0 Å². The predicted octanol–water partition coefficient (Wildman–Crippen LogP) is 1.68. The van der Waals surface area contributed by atoms with Crippen molar-refractivity contribution in [3.63, 3.8) is 0 Å². The average molecular weight is 479 g/mol. The van der Waals surface area contributed by atoms with Gasteiger partial charge in [0.05, 0.1) is 0 Å². The molecule has 0 atom stereocenters. The van der Waals surface area contributed by atoms with E-state index in [1.807, 2.05) is 36.4 Å². The molecule has 0 heterocycles. The van der Waals surface area contributed by atoms with Crippen LogP contribution in [0.3, 0.4) is 0 Å². The first kappa shape index (κ1) is 11.8. The van der Waals surface area contributed by atoms with Gasteiger partial charge in [-0.05, 0) is 0 Å². The van der Waals surface area contributed by atoms with Gasteiger partial charge in [0.1, 0.15) is 0 Å². The summed E-state index contributed by atoms with van der Waals surface area (Å²) < 4.78 is 0. The Bertz CT molecular complexity index is 78.5. The Morgan fingerprint density at radius 3 is 0.625 bits per heavy atom. The third kappa shape index (κ3) is 5.23. The van der Waals surface area contributed by atoms with Gasteiger partial charge in [0.25, 0.3) is 0 Å². The monoisotopic (exact) mass is 482 g/mol. The van der Waals surface area contributed by atoms with Crippen molar-refractivity contribution in [1.82, 2.24) is 0 Å². The van der Waals surface area contributed by atoms with Gasteiger partial charge >= 0.3 is 0 Å². The molecule has 0 aliphatic heterocycles. The summed E-state index contributed by atoms with van der Waals surface area (Å²) in [5.41, 5.74) is 0. The van der Waals surface area contributed by atoms with Gasteiger partial charge in [0.2, 0.25) is 0 Å². The zero-order valence-corrected chi connectivity index (χ0v) is 15.9. The van der Waals surface area contributed by atoms with Gasteiger partial charge in [-0.15, -0.1) is 0 Å². The summed E-state index contributed by atoms with van der Waals surface area (Å²) >= 11 is 0. The SMILES string of the molecule is [Hg].[Hg].c1ccccc1. The molecule has 0 radical (unpaired) electrons. The first-order valence-corrected chi connectivity index (χ1v) is 2.00. The maximum atomic E-state index is 2.00. The first-order chi connectivity index (χ1) is 3.00. The van der Waals surface area contributed by atoms with E-state index in [4.69, 9.17) is 0 Å². The molecule has 0 unspecified atom stereocenters. The zero-order valence-electron chi connectivity index (χ0n) is 4.88. The van der Waals surface area contributed by atoms with Gasteiger partial charge < -0.3 is 0 Å². The fourth-order valence-electron chi connectivity index (χ4n) is 0.385. The fourth-order valence-corrected chi connectivity index (χ4v) is 0.385. The Labute approximate surface area is 90.7 Å². The Hall–Kier alpha value is 1.09. The van der Waals surface area contributed by atoms with Crippen LogP contribution in [0.25, 0.3) is 0 Å². The van der Waals surface area contributed by atoms with Gasteiger partial charge in [-0.2, -0.15) is 0 Å². The van der Waals surface area contributed by atoms with E-state index in [0.29, 0.717) is 0 Å². The molecule has 1 aromatic carbocycles. The smallest absolute Gasteiger partial charge is 0 e. The summed E-state index contributed by atoms with van der Waals surface area (Å²) in [5, 5.41) is 0. The standard InChI is InChI=1S/C6H6.2Hg/c1-2-4-6-5-3-1;;/h1-6H;;. The molecule has 0 fully saturated rings. The maximum Gasteiger partial charge on any atom is 0 e. The molecule has 0 amide bonds. The molecule has 0 N–H and O–H groups in total. The van der Waals surface area contributed by atoms with Crippen LogP contribution in [0, 0.1) is 0 Å². The van der Waals surface area contributed by atoms with E-state index in [-0.39, 0.29) is 55.3 Å². The average Bonchev–Trinajstić information content (AvgIpc) is 1.72.